The third-order valence-corrected chi connectivity index (χ3v) is 8.68. The second-order valence-electron chi connectivity index (χ2n) is 11.2. The van der Waals surface area contributed by atoms with Crippen LogP contribution in [0.15, 0.2) is 84.6 Å². The maximum atomic E-state index is 7.03. The number of hydrogen-bond acceptors (Lipinski definition) is 4. The highest BCUT2D eigenvalue weighted by atomic mass is 16.5. The molecule has 0 aromatic heterocycles. The van der Waals surface area contributed by atoms with Crippen molar-refractivity contribution in [2.75, 3.05) is 31.0 Å². The van der Waals surface area contributed by atoms with Gasteiger partial charge in [0.15, 0.2) is 11.5 Å². The van der Waals surface area contributed by atoms with Gasteiger partial charge in [-0.3, -0.25) is 0 Å². The molecular formula is C32H34N2O2. The van der Waals surface area contributed by atoms with Gasteiger partial charge in [-0.15, -0.1) is 0 Å². The van der Waals surface area contributed by atoms with Crippen LogP contribution in [0.25, 0.3) is 5.57 Å². The first kappa shape index (κ1) is 22.8. The smallest absolute Gasteiger partial charge is 0.212 e. The quantitative estimate of drug-likeness (QED) is 0.400. The number of allylic oxidation sites excluding steroid dienone is 3. The summed E-state index contributed by atoms with van der Waals surface area (Å²) in [5, 5.41) is 0. The number of para-hydroxylation sites is 3. The molecule has 0 radical (unpaired) electrons. The molecule has 6 rings (SSSR count). The second-order valence-corrected chi connectivity index (χ2v) is 11.2. The number of methoxy groups -OCH3 is 1. The first-order valence-electron chi connectivity index (χ1n) is 12.6. The van der Waals surface area contributed by atoms with Crippen molar-refractivity contribution in [2.45, 2.75) is 44.2 Å². The lowest BCUT2D eigenvalue weighted by molar-refractivity contribution is 0.0546. The lowest BCUT2D eigenvalue weighted by atomic mass is 9.75. The van der Waals surface area contributed by atoms with E-state index in [1.807, 2.05) is 12.1 Å². The van der Waals surface area contributed by atoms with Gasteiger partial charge in [-0.2, -0.15) is 0 Å². The minimum absolute atomic E-state index is 0.128. The molecule has 3 aromatic rings. The molecule has 1 atom stereocenters. The van der Waals surface area contributed by atoms with Crippen LogP contribution in [0.2, 0.25) is 0 Å². The van der Waals surface area contributed by atoms with Crippen LogP contribution in [0.1, 0.15) is 44.4 Å². The summed E-state index contributed by atoms with van der Waals surface area (Å²) in [4.78, 5) is 4.62. The van der Waals surface area contributed by atoms with E-state index in [1.54, 1.807) is 7.11 Å². The molecule has 184 valence electrons. The normalized spacial score (nSPS) is 23.8. The van der Waals surface area contributed by atoms with E-state index >= 15 is 0 Å². The summed E-state index contributed by atoms with van der Waals surface area (Å²) in [6.45, 7) is 9.17. The van der Waals surface area contributed by atoms with Crippen molar-refractivity contribution in [2.24, 2.45) is 0 Å². The summed E-state index contributed by atoms with van der Waals surface area (Å²) in [5.41, 5.74) is 7.38. The third-order valence-electron chi connectivity index (χ3n) is 8.68. The molecule has 0 saturated heterocycles. The van der Waals surface area contributed by atoms with Gasteiger partial charge in [0.05, 0.1) is 12.5 Å². The van der Waals surface area contributed by atoms with Crippen molar-refractivity contribution in [1.29, 1.82) is 0 Å². The highest BCUT2D eigenvalue weighted by Crippen LogP contribution is 2.57. The zero-order chi connectivity index (χ0) is 25.5. The molecule has 0 saturated carbocycles. The molecule has 3 aliphatic rings. The number of nitrogens with zero attached hydrogens (tertiary/aromatic N) is 2. The molecule has 0 amide bonds. The molecule has 0 bridgehead atoms. The number of rotatable bonds is 2. The van der Waals surface area contributed by atoms with Crippen molar-refractivity contribution < 1.29 is 9.47 Å². The van der Waals surface area contributed by atoms with Crippen molar-refractivity contribution in [3.63, 3.8) is 0 Å². The Morgan fingerprint density at radius 1 is 0.806 bits per heavy atom. The van der Waals surface area contributed by atoms with E-state index in [2.05, 4.69) is 118 Å². The molecule has 0 fully saturated rings. The van der Waals surface area contributed by atoms with Gasteiger partial charge in [-0.1, -0.05) is 62.4 Å². The van der Waals surface area contributed by atoms with E-state index in [-0.39, 0.29) is 10.8 Å². The first-order valence-corrected chi connectivity index (χ1v) is 12.6. The fourth-order valence-corrected chi connectivity index (χ4v) is 6.57. The maximum absolute atomic E-state index is 7.03. The number of ether oxygens (including phenoxy) is 2. The van der Waals surface area contributed by atoms with E-state index in [0.29, 0.717) is 0 Å². The van der Waals surface area contributed by atoms with Crippen LogP contribution in [-0.2, 0) is 10.8 Å². The fraction of sp³-hybridized carbons (Fsp3) is 0.312. The average molecular weight is 479 g/mol. The SMILES string of the molecule is COc1cccc2c1O[C@@]1(C=C2/C=C2/N(C)c3ccccc3C2(C)C)N(C)c2ccccc2C1(C)C. The Morgan fingerprint density at radius 2 is 1.47 bits per heavy atom. The topological polar surface area (TPSA) is 24.9 Å². The fourth-order valence-electron chi connectivity index (χ4n) is 6.57. The van der Waals surface area contributed by atoms with Gasteiger partial charge in [0, 0.05) is 42.1 Å². The van der Waals surface area contributed by atoms with E-state index in [0.717, 1.165) is 22.6 Å². The Kier molecular flexibility index (Phi) is 4.70. The highest BCUT2D eigenvalue weighted by molar-refractivity contribution is 5.87. The number of anilines is 2. The number of likely N-dealkylation sites (N-methyl/N-ethyl adjacent to an activating group) is 2. The summed E-state index contributed by atoms with van der Waals surface area (Å²) < 4.78 is 12.9. The first-order chi connectivity index (χ1) is 17.1. The van der Waals surface area contributed by atoms with E-state index in [4.69, 9.17) is 9.47 Å². The molecular weight excluding hydrogens is 444 g/mol. The monoisotopic (exact) mass is 478 g/mol. The summed E-state index contributed by atoms with van der Waals surface area (Å²) in [6, 6.07) is 23.5. The lowest BCUT2D eigenvalue weighted by Crippen LogP contribution is -2.58. The largest absolute Gasteiger partial charge is 0.493 e. The maximum Gasteiger partial charge on any atom is 0.212 e. The third kappa shape index (κ3) is 2.76. The Balaban J connectivity index is 1.61. The van der Waals surface area contributed by atoms with Gasteiger partial charge >= 0.3 is 0 Å². The summed E-state index contributed by atoms with van der Waals surface area (Å²) in [5.74, 6) is 1.54. The number of hydrogen-bond donors (Lipinski definition) is 0. The van der Waals surface area contributed by atoms with Crippen LogP contribution < -0.4 is 19.3 Å². The zero-order valence-electron chi connectivity index (χ0n) is 22.2. The van der Waals surface area contributed by atoms with Crippen LogP contribution in [0.4, 0.5) is 11.4 Å². The molecule has 3 heterocycles. The predicted molar refractivity (Wildman–Crippen MR) is 148 cm³/mol. The van der Waals surface area contributed by atoms with Crippen LogP contribution in [0.5, 0.6) is 11.5 Å². The Hall–Kier alpha value is -3.66. The molecule has 3 aliphatic heterocycles. The van der Waals surface area contributed by atoms with E-state index in [9.17, 15) is 0 Å². The summed E-state index contributed by atoms with van der Waals surface area (Å²) in [7, 11) is 6.02. The van der Waals surface area contributed by atoms with Gasteiger partial charge in [0.1, 0.15) is 0 Å². The molecule has 3 aromatic carbocycles. The van der Waals surface area contributed by atoms with Gasteiger partial charge in [-0.25, -0.2) is 0 Å². The van der Waals surface area contributed by atoms with Gasteiger partial charge in [-0.05, 0) is 60.9 Å². The molecule has 4 nitrogen and oxygen atoms in total. The van der Waals surface area contributed by atoms with Crippen molar-refractivity contribution in [3.8, 4) is 11.5 Å². The molecule has 0 aliphatic carbocycles. The minimum atomic E-state index is -0.709. The van der Waals surface area contributed by atoms with Crippen LogP contribution in [0, 0.1) is 0 Å². The second kappa shape index (κ2) is 7.42. The molecule has 0 unspecified atom stereocenters. The number of benzene rings is 3. The predicted octanol–water partition coefficient (Wildman–Crippen LogP) is 6.91. The Bertz CT molecular complexity index is 1450. The minimum Gasteiger partial charge on any atom is -0.493 e. The molecule has 1 spiro atoms. The highest BCUT2D eigenvalue weighted by Gasteiger charge is 2.58. The molecule has 4 heteroatoms. The van der Waals surface area contributed by atoms with Crippen LogP contribution in [-0.4, -0.2) is 26.9 Å². The zero-order valence-corrected chi connectivity index (χ0v) is 22.2. The van der Waals surface area contributed by atoms with Crippen molar-refractivity contribution in [3.05, 3.63) is 101 Å². The van der Waals surface area contributed by atoms with Crippen LogP contribution in [0.3, 0.4) is 0 Å². The summed E-state index contributed by atoms with van der Waals surface area (Å²) >= 11 is 0. The van der Waals surface area contributed by atoms with E-state index < -0.39 is 5.72 Å². The van der Waals surface area contributed by atoms with Gasteiger partial charge in [0.2, 0.25) is 5.72 Å². The van der Waals surface area contributed by atoms with E-state index in [1.165, 1.54) is 28.2 Å². The Morgan fingerprint density at radius 3 is 2.14 bits per heavy atom. The number of fused-ring (bicyclic) bond motifs is 3. The van der Waals surface area contributed by atoms with Crippen LogP contribution >= 0.6 is 0 Å². The van der Waals surface area contributed by atoms with Crippen molar-refractivity contribution in [1.82, 2.24) is 0 Å². The molecule has 0 N–H and O–H groups in total. The molecule has 36 heavy (non-hydrogen) atoms. The van der Waals surface area contributed by atoms with Gasteiger partial charge in [0.25, 0.3) is 0 Å². The van der Waals surface area contributed by atoms with Crippen molar-refractivity contribution >= 4 is 16.9 Å². The average Bonchev–Trinajstić information content (AvgIpc) is 3.17. The summed E-state index contributed by atoms with van der Waals surface area (Å²) in [6.07, 6.45) is 4.68. The van der Waals surface area contributed by atoms with Gasteiger partial charge < -0.3 is 19.3 Å². The Labute approximate surface area is 214 Å². The standard InChI is InChI=1S/C32H34N2O2/c1-30(2)23-14-8-10-16-25(23)33(5)28(30)19-21-20-32(36-29-22(21)13-12-18-27(29)35-7)31(3,4)24-15-9-11-17-26(24)34(32)6/h8-20H,1-7H3/b28-19+/t32-/m1/s1. The lowest BCUT2D eigenvalue weighted by Gasteiger charge is -2.47.